The van der Waals surface area contributed by atoms with E-state index in [1.165, 1.54) is 34.2 Å². The topological polar surface area (TPSA) is 32.3 Å². The maximum atomic E-state index is 13.2. The van der Waals surface area contributed by atoms with Crippen LogP contribution in [0.1, 0.15) is 22.0 Å². The number of fused-ring (bicyclic) bond motifs is 1. The molecule has 0 saturated heterocycles. The summed E-state index contributed by atoms with van der Waals surface area (Å²) in [5.41, 5.74) is 2.86. The second kappa shape index (κ2) is 7.80. The number of halogens is 2. The van der Waals surface area contributed by atoms with Crippen LogP contribution in [0.25, 0.3) is 0 Å². The van der Waals surface area contributed by atoms with Gasteiger partial charge in [-0.2, -0.15) is 0 Å². The van der Waals surface area contributed by atoms with E-state index in [9.17, 15) is 9.18 Å². The van der Waals surface area contributed by atoms with Crippen LogP contribution in [0, 0.1) is 5.82 Å². The number of anilines is 1. The van der Waals surface area contributed by atoms with Crippen LogP contribution >= 0.6 is 22.9 Å². The third-order valence-electron chi connectivity index (χ3n) is 4.73. The lowest BCUT2D eigenvalue weighted by Gasteiger charge is -2.35. The predicted molar refractivity (Wildman–Crippen MR) is 108 cm³/mol. The molecule has 2 heterocycles. The van der Waals surface area contributed by atoms with Gasteiger partial charge in [-0.3, -0.25) is 9.69 Å². The first-order valence-electron chi connectivity index (χ1n) is 8.72. The van der Waals surface area contributed by atoms with E-state index in [1.807, 2.05) is 18.2 Å². The van der Waals surface area contributed by atoms with Gasteiger partial charge in [0.2, 0.25) is 5.91 Å². The zero-order valence-electron chi connectivity index (χ0n) is 14.5. The summed E-state index contributed by atoms with van der Waals surface area (Å²) in [5, 5.41) is 5.11. The van der Waals surface area contributed by atoms with Gasteiger partial charge in [-0.1, -0.05) is 41.9 Å². The van der Waals surface area contributed by atoms with Crippen LogP contribution in [0.5, 0.6) is 0 Å². The summed E-state index contributed by atoms with van der Waals surface area (Å²) < 4.78 is 13.2. The molecule has 1 N–H and O–H groups in total. The van der Waals surface area contributed by atoms with Gasteiger partial charge in [0.15, 0.2) is 0 Å². The Morgan fingerprint density at radius 2 is 2.04 bits per heavy atom. The van der Waals surface area contributed by atoms with Gasteiger partial charge in [0.1, 0.15) is 5.82 Å². The second-order valence-corrected chi connectivity index (χ2v) is 7.91. The molecule has 1 amide bonds. The molecule has 1 aliphatic heterocycles. The highest BCUT2D eigenvalue weighted by atomic mass is 35.5. The molecule has 0 aliphatic carbocycles. The molecule has 3 aromatic rings. The minimum absolute atomic E-state index is 0.0515. The van der Waals surface area contributed by atoms with Crippen LogP contribution in [0.4, 0.5) is 10.1 Å². The quantitative estimate of drug-likeness (QED) is 0.658. The first-order valence-corrected chi connectivity index (χ1v) is 9.98. The molecule has 1 atom stereocenters. The van der Waals surface area contributed by atoms with Crippen molar-refractivity contribution in [3.8, 4) is 0 Å². The molecule has 138 valence electrons. The first-order chi connectivity index (χ1) is 13.1. The normalized spacial score (nSPS) is 16.7. The van der Waals surface area contributed by atoms with Gasteiger partial charge in [0.05, 0.1) is 23.3 Å². The van der Waals surface area contributed by atoms with E-state index >= 15 is 0 Å². The highest BCUT2D eigenvalue weighted by Crippen LogP contribution is 2.37. The Hall–Kier alpha value is -2.21. The summed E-state index contributed by atoms with van der Waals surface area (Å²) >= 11 is 7.80. The van der Waals surface area contributed by atoms with Crippen molar-refractivity contribution in [2.75, 3.05) is 18.4 Å². The molecule has 0 radical (unpaired) electrons. The lowest BCUT2D eigenvalue weighted by molar-refractivity contribution is -0.117. The van der Waals surface area contributed by atoms with Gasteiger partial charge in [0.25, 0.3) is 0 Å². The van der Waals surface area contributed by atoms with Gasteiger partial charge >= 0.3 is 0 Å². The van der Waals surface area contributed by atoms with Crippen molar-refractivity contribution >= 4 is 34.5 Å². The van der Waals surface area contributed by atoms with Crippen molar-refractivity contribution in [3.05, 3.63) is 86.8 Å². The minimum Gasteiger partial charge on any atom is -0.324 e. The van der Waals surface area contributed by atoms with Gasteiger partial charge in [0, 0.05) is 11.4 Å². The number of hydrogen-bond donors (Lipinski definition) is 1. The number of carbonyl (C=O) groups excluding carboxylic acids is 1. The summed E-state index contributed by atoms with van der Waals surface area (Å²) in [7, 11) is 0. The molecule has 0 saturated carbocycles. The molecule has 0 bridgehead atoms. The van der Waals surface area contributed by atoms with E-state index < -0.39 is 5.82 Å². The summed E-state index contributed by atoms with van der Waals surface area (Å²) in [5.74, 6) is -0.591. The fourth-order valence-corrected chi connectivity index (χ4v) is 4.65. The highest BCUT2D eigenvalue weighted by molar-refractivity contribution is 7.10. The number of carbonyl (C=O) groups is 1. The molecular weight excluding hydrogens is 383 g/mol. The minimum atomic E-state index is -0.428. The van der Waals surface area contributed by atoms with Gasteiger partial charge in [-0.05, 0) is 47.2 Å². The number of amides is 1. The van der Waals surface area contributed by atoms with E-state index in [0.717, 1.165) is 13.0 Å². The van der Waals surface area contributed by atoms with Crippen LogP contribution in [-0.2, 0) is 11.2 Å². The molecule has 4 rings (SSSR count). The number of thiophene rings is 1. The van der Waals surface area contributed by atoms with E-state index in [0.29, 0.717) is 5.69 Å². The molecule has 1 aliphatic rings. The fourth-order valence-electron chi connectivity index (χ4n) is 3.53. The summed E-state index contributed by atoms with van der Waals surface area (Å²) in [6.45, 7) is 1.04. The third kappa shape index (κ3) is 3.90. The summed E-state index contributed by atoms with van der Waals surface area (Å²) in [6, 6.07) is 16.4. The third-order valence-corrected chi connectivity index (χ3v) is 6.04. The molecule has 3 nitrogen and oxygen atoms in total. The Morgan fingerprint density at radius 1 is 1.22 bits per heavy atom. The lowest BCUT2D eigenvalue weighted by atomic mass is 9.93. The molecular formula is C21H18ClFN2OS. The Morgan fingerprint density at radius 3 is 2.81 bits per heavy atom. The van der Waals surface area contributed by atoms with E-state index in [2.05, 4.69) is 33.8 Å². The number of nitrogens with zero attached hydrogens (tertiary/aromatic N) is 1. The highest BCUT2D eigenvalue weighted by Gasteiger charge is 2.30. The lowest BCUT2D eigenvalue weighted by Crippen LogP contribution is -2.40. The zero-order chi connectivity index (χ0) is 18.8. The molecule has 2 aromatic carbocycles. The van der Waals surface area contributed by atoms with Crippen LogP contribution < -0.4 is 5.32 Å². The Bertz CT molecular complexity index is 960. The zero-order valence-corrected chi connectivity index (χ0v) is 16.1. The average molecular weight is 401 g/mol. The summed E-state index contributed by atoms with van der Waals surface area (Å²) in [4.78, 5) is 16.2. The maximum absolute atomic E-state index is 13.2. The van der Waals surface area contributed by atoms with E-state index in [1.54, 1.807) is 11.3 Å². The average Bonchev–Trinajstić information content (AvgIpc) is 3.13. The van der Waals surface area contributed by atoms with Crippen molar-refractivity contribution in [2.24, 2.45) is 0 Å². The molecule has 27 heavy (non-hydrogen) atoms. The molecule has 0 fully saturated rings. The number of benzene rings is 2. The van der Waals surface area contributed by atoms with Crippen molar-refractivity contribution in [1.29, 1.82) is 0 Å². The molecule has 0 unspecified atom stereocenters. The van der Waals surface area contributed by atoms with Crippen molar-refractivity contribution in [3.63, 3.8) is 0 Å². The van der Waals surface area contributed by atoms with Gasteiger partial charge in [-0.15, -0.1) is 11.3 Å². The van der Waals surface area contributed by atoms with Crippen molar-refractivity contribution in [2.45, 2.75) is 12.5 Å². The molecule has 6 heteroatoms. The van der Waals surface area contributed by atoms with Crippen LogP contribution in [-0.4, -0.2) is 23.9 Å². The Balaban J connectivity index is 1.56. The van der Waals surface area contributed by atoms with Crippen LogP contribution in [0.3, 0.4) is 0 Å². The Kier molecular flexibility index (Phi) is 5.25. The second-order valence-electron chi connectivity index (χ2n) is 6.51. The van der Waals surface area contributed by atoms with Crippen LogP contribution in [0.15, 0.2) is 60.0 Å². The van der Waals surface area contributed by atoms with Gasteiger partial charge < -0.3 is 5.32 Å². The van der Waals surface area contributed by atoms with E-state index in [4.69, 9.17) is 11.6 Å². The smallest absolute Gasteiger partial charge is 0.238 e. The van der Waals surface area contributed by atoms with Crippen molar-refractivity contribution < 1.29 is 9.18 Å². The monoisotopic (exact) mass is 400 g/mol. The standard InChI is InChI=1S/C21H18ClFN2OS/c22-17-12-15(23)6-7-18(17)24-20(26)13-25-10-8-19-16(9-11-27-19)21(25)14-4-2-1-3-5-14/h1-7,9,11-12,21H,8,10,13H2,(H,24,26)/t21-/m1/s1. The first kappa shape index (κ1) is 18.2. The van der Waals surface area contributed by atoms with E-state index in [-0.39, 0.29) is 23.5 Å². The number of rotatable bonds is 4. The molecule has 1 aromatic heterocycles. The SMILES string of the molecule is O=C(CN1CCc2sccc2[C@H]1c1ccccc1)Nc1ccc(F)cc1Cl. The van der Waals surface area contributed by atoms with Crippen molar-refractivity contribution in [1.82, 2.24) is 4.90 Å². The molecule has 0 spiro atoms. The van der Waals surface area contributed by atoms with Crippen LogP contribution in [0.2, 0.25) is 5.02 Å². The predicted octanol–water partition coefficient (Wildman–Crippen LogP) is 5.13. The Labute approximate surface area is 166 Å². The largest absolute Gasteiger partial charge is 0.324 e. The number of hydrogen-bond acceptors (Lipinski definition) is 3. The fraction of sp³-hybridized carbons (Fsp3) is 0.190. The summed E-state index contributed by atoms with van der Waals surface area (Å²) in [6.07, 6.45) is 0.931. The van der Waals surface area contributed by atoms with Gasteiger partial charge in [-0.25, -0.2) is 4.39 Å². The maximum Gasteiger partial charge on any atom is 0.238 e. The number of nitrogens with one attached hydrogen (secondary N) is 1.